The first-order valence-electron chi connectivity index (χ1n) is 6.41. The first-order valence-corrected chi connectivity index (χ1v) is 8.69. The lowest BCUT2D eigenvalue weighted by molar-refractivity contribution is 0.601. The summed E-state index contributed by atoms with van der Waals surface area (Å²) in [6.07, 6.45) is 1.34. The number of aryl methyl sites for hydroxylation is 1. The molecule has 0 spiro atoms. The van der Waals surface area contributed by atoms with Crippen molar-refractivity contribution in [2.45, 2.75) is 18.7 Å². The van der Waals surface area contributed by atoms with E-state index in [-0.39, 0.29) is 4.90 Å². The molecule has 0 saturated carbocycles. The first-order chi connectivity index (χ1) is 9.92. The van der Waals surface area contributed by atoms with Gasteiger partial charge in [-0.1, -0.05) is 15.9 Å². The average molecular weight is 370 g/mol. The fraction of sp³-hybridized carbons (Fsp3) is 0.214. The Morgan fingerprint density at radius 3 is 2.57 bits per heavy atom. The molecule has 0 fully saturated rings. The number of nitrogens with one attached hydrogen (secondary N) is 2. The summed E-state index contributed by atoms with van der Waals surface area (Å²) in [5.41, 5.74) is 1.39. The van der Waals surface area contributed by atoms with Crippen molar-refractivity contribution in [3.8, 4) is 0 Å². The van der Waals surface area contributed by atoms with Gasteiger partial charge in [-0.2, -0.15) is 0 Å². The summed E-state index contributed by atoms with van der Waals surface area (Å²) in [6.45, 7) is 4.52. The van der Waals surface area contributed by atoms with Crippen LogP contribution in [0.5, 0.6) is 0 Å². The summed E-state index contributed by atoms with van der Waals surface area (Å²) in [4.78, 5) is 4.21. The van der Waals surface area contributed by atoms with Gasteiger partial charge >= 0.3 is 0 Å². The molecule has 2 rings (SSSR count). The third kappa shape index (κ3) is 3.95. The molecule has 1 aromatic heterocycles. The Labute approximate surface area is 133 Å². The number of anilines is 2. The molecule has 21 heavy (non-hydrogen) atoms. The fourth-order valence-corrected chi connectivity index (χ4v) is 3.32. The SMILES string of the molecule is CCNc1ccc(S(=O)(=O)Nc2ccc(Br)cc2C)cn1. The standard InChI is InChI=1S/C14H16BrN3O2S/c1-3-16-14-7-5-12(9-17-14)21(19,20)18-13-6-4-11(15)8-10(13)2/h4-9,18H,3H2,1-2H3,(H,16,17). The zero-order valence-corrected chi connectivity index (χ0v) is 14.1. The third-order valence-electron chi connectivity index (χ3n) is 2.84. The van der Waals surface area contributed by atoms with Gasteiger partial charge in [0.1, 0.15) is 10.7 Å². The number of benzene rings is 1. The Morgan fingerprint density at radius 1 is 1.24 bits per heavy atom. The average Bonchev–Trinajstić information content (AvgIpc) is 2.43. The van der Waals surface area contributed by atoms with Crippen LogP contribution >= 0.6 is 15.9 Å². The number of halogens is 1. The minimum atomic E-state index is -3.64. The van der Waals surface area contributed by atoms with Gasteiger partial charge in [0.05, 0.1) is 5.69 Å². The van der Waals surface area contributed by atoms with E-state index >= 15 is 0 Å². The number of sulfonamides is 1. The van der Waals surface area contributed by atoms with Crippen molar-refractivity contribution in [1.29, 1.82) is 0 Å². The van der Waals surface area contributed by atoms with Crippen LogP contribution in [0.3, 0.4) is 0 Å². The number of hydrogen-bond donors (Lipinski definition) is 2. The van der Waals surface area contributed by atoms with E-state index in [1.54, 1.807) is 18.2 Å². The van der Waals surface area contributed by atoms with E-state index in [2.05, 4.69) is 31.0 Å². The van der Waals surface area contributed by atoms with Crippen molar-refractivity contribution in [2.75, 3.05) is 16.6 Å². The van der Waals surface area contributed by atoms with Gasteiger partial charge in [0.25, 0.3) is 10.0 Å². The van der Waals surface area contributed by atoms with Crippen molar-refractivity contribution in [2.24, 2.45) is 0 Å². The number of hydrogen-bond acceptors (Lipinski definition) is 4. The minimum absolute atomic E-state index is 0.131. The molecule has 0 amide bonds. The summed E-state index contributed by atoms with van der Waals surface area (Å²) < 4.78 is 28.1. The van der Waals surface area contributed by atoms with Gasteiger partial charge in [0.2, 0.25) is 0 Å². The smallest absolute Gasteiger partial charge is 0.263 e. The van der Waals surface area contributed by atoms with Crippen molar-refractivity contribution < 1.29 is 8.42 Å². The maximum Gasteiger partial charge on any atom is 0.263 e. The second-order valence-corrected chi connectivity index (χ2v) is 7.07. The lowest BCUT2D eigenvalue weighted by atomic mass is 10.2. The van der Waals surface area contributed by atoms with Crippen LogP contribution in [0.2, 0.25) is 0 Å². The maximum absolute atomic E-state index is 12.3. The Kier molecular flexibility index (Phi) is 4.84. The van der Waals surface area contributed by atoms with Gasteiger partial charge in [-0.05, 0) is 49.7 Å². The van der Waals surface area contributed by atoms with Crippen LogP contribution < -0.4 is 10.0 Å². The van der Waals surface area contributed by atoms with E-state index in [4.69, 9.17) is 0 Å². The molecular formula is C14H16BrN3O2S. The van der Waals surface area contributed by atoms with Gasteiger partial charge in [-0.3, -0.25) is 4.72 Å². The largest absolute Gasteiger partial charge is 0.370 e. The highest BCUT2D eigenvalue weighted by Gasteiger charge is 2.15. The van der Waals surface area contributed by atoms with Gasteiger partial charge in [-0.15, -0.1) is 0 Å². The minimum Gasteiger partial charge on any atom is -0.370 e. The lowest BCUT2D eigenvalue weighted by Gasteiger charge is -2.11. The molecule has 112 valence electrons. The van der Waals surface area contributed by atoms with Crippen LogP contribution in [0.25, 0.3) is 0 Å². The van der Waals surface area contributed by atoms with Crippen LogP contribution in [0.15, 0.2) is 45.9 Å². The van der Waals surface area contributed by atoms with Crippen LogP contribution in [0.1, 0.15) is 12.5 Å². The molecule has 1 heterocycles. The summed E-state index contributed by atoms with van der Waals surface area (Å²) >= 11 is 3.35. The summed E-state index contributed by atoms with van der Waals surface area (Å²) in [5, 5.41) is 3.02. The van der Waals surface area contributed by atoms with E-state index in [0.29, 0.717) is 11.5 Å². The van der Waals surface area contributed by atoms with Crippen molar-refractivity contribution in [3.63, 3.8) is 0 Å². The van der Waals surface area contributed by atoms with E-state index in [0.717, 1.165) is 16.6 Å². The molecule has 0 aliphatic rings. The number of aromatic nitrogens is 1. The van der Waals surface area contributed by atoms with Crippen LogP contribution in [0.4, 0.5) is 11.5 Å². The van der Waals surface area contributed by atoms with Gasteiger partial charge < -0.3 is 5.32 Å². The molecule has 0 aliphatic heterocycles. The number of nitrogens with zero attached hydrogens (tertiary/aromatic N) is 1. The van der Waals surface area contributed by atoms with Gasteiger partial charge in [0.15, 0.2) is 0 Å². The van der Waals surface area contributed by atoms with E-state index in [1.807, 2.05) is 19.9 Å². The molecule has 0 bridgehead atoms. The molecular weight excluding hydrogens is 354 g/mol. The molecule has 0 atom stereocenters. The third-order valence-corrected chi connectivity index (χ3v) is 4.68. The van der Waals surface area contributed by atoms with Crippen molar-refractivity contribution >= 4 is 37.5 Å². The summed E-state index contributed by atoms with van der Waals surface area (Å²) in [7, 11) is -3.64. The maximum atomic E-state index is 12.3. The molecule has 7 heteroatoms. The number of rotatable bonds is 5. The quantitative estimate of drug-likeness (QED) is 0.847. The second-order valence-electron chi connectivity index (χ2n) is 4.47. The normalized spacial score (nSPS) is 11.2. The highest BCUT2D eigenvalue weighted by molar-refractivity contribution is 9.10. The van der Waals surface area contributed by atoms with Gasteiger partial charge in [0, 0.05) is 17.2 Å². The number of pyridine rings is 1. The Morgan fingerprint density at radius 2 is 2.00 bits per heavy atom. The highest BCUT2D eigenvalue weighted by Crippen LogP contribution is 2.23. The summed E-state index contributed by atoms with van der Waals surface area (Å²) in [6, 6.07) is 8.53. The van der Waals surface area contributed by atoms with Crippen LogP contribution in [-0.2, 0) is 10.0 Å². The predicted molar refractivity (Wildman–Crippen MR) is 88.1 cm³/mol. The van der Waals surface area contributed by atoms with Crippen molar-refractivity contribution in [3.05, 3.63) is 46.6 Å². The Hall–Kier alpha value is -1.60. The predicted octanol–water partition coefficient (Wildman–Crippen LogP) is 3.39. The molecule has 2 aromatic rings. The second kappa shape index (κ2) is 6.44. The molecule has 5 nitrogen and oxygen atoms in total. The highest BCUT2D eigenvalue weighted by atomic mass is 79.9. The molecule has 0 saturated heterocycles. The Balaban J connectivity index is 2.25. The van der Waals surface area contributed by atoms with E-state index in [1.165, 1.54) is 12.3 Å². The molecule has 0 radical (unpaired) electrons. The zero-order valence-electron chi connectivity index (χ0n) is 11.7. The Bertz CT molecular complexity index is 730. The lowest BCUT2D eigenvalue weighted by Crippen LogP contribution is -2.14. The summed E-state index contributed by atoms with van der Waals surface area (Å²) in [5.74, 6) is 0.649. The fourth-order valence-electron chi connectivity index (χ4n) is 1.77. The van der Waals surface area contributed by atoms with E-state index < -0.39 is 10.0 Å². The monoisotopic (exact) mass is 369 g/mol. The molecule has 1 aromatic carbocycles. The van der Waals surface area contributed by atoms with E-state index in [9.17, 15) is 8.42 Å². The molecule has 0 aliphatic carbocycles. The van der Waals surface area contributed by atoms with Crippen LogP contribution in [-0.4, -0.2) is 19.9 Å². The van der Waals surface area contributed by atoms with Crippen molar-refractivity contribution in [1.82, 2.24) is 4.98 Å². The topological polar surface area (TPSA) is 71.1 Å². The molecule has 0 unspecified atom stereocenters. The molecule has 2 N–H and O–H groups in total. The van der Waals surface area contributed by atoms with Gasteiger partial charge in [-0.25, -0.2) is 13.4 Å². The first kappa shape index (κ1) is 15.8. The zero-order chi connectivity index (χ0) is 15.5. The van der Waals surface area contributed by atoms with Crippen LogP contribution in [0, 0.1) is 6.92 Å².